The average Bonchev–Trinajstić information content (AvgIpc) is 3.13. The molecule has 8 heteroatoms. The van der Waals surface area contributed by atoms with Crippen molar-refractivity contribution >= 4 is 11.6 Å². The second-order valence-electron chi connectivity index (χ2n) is 5.49. The number of carbonyl (C=O) groups excluding carboxylic acids is 1. The SMILES string of the molecule is COc1ccc(NC(=O)c2nn(-c3ccc(F)cc3)cc2OC)cc1OC. The number of methoxy groups -OCH3 is 3. The van der Waals surface area contributed by atoms with Crippen LogP contribution in [0.15, 0.2) is 48.7 Å². The molecule has 1 amide bonds. The Bertz CT molecular complexity index is 954. The Morgan fingerprint density at radius 3 is 2.26 bits per heavy atom. The molecule has 2 aromatic carbocycles. The molecule has 140 valence electrons. The van der Waals surface area contributed by atoms with Crippen molar-refractivity contribution in [1.82, 2.24) is 9.78 Å². The number of nitrogens with zero attached hydrogens (tertiary/aromatic N) is 2. The van der Waals surface area contributed by atoms with E-state index >= 15 is 0 Å². The summed E-state index contributed by atoms with van der Waals surface area (Å²) in [4.78, 5) is 12.6. The predicted octanol–water partition coefficient (Wildman–Crippen LogP) is 3.29. The molecule has 1 aromatic heterocycles. The van der Waals surface area contributed by atoms with Crippen LogP contribution in [0.5, 0.6) is 17.2 Å². The number of anilines is 1. The number of rotatable bonds is 6. The minimum absolute atomic E-state index is 0.0941. The number of benzene rings is 2. The van der Waals surface area contributed by atoms with E-state index in [9.17, 15) is 9.18 Å². The van der Waals surface area contributed by atoms with Crippen LogP contribution in [0.4, 0.5) is 10.1 Å². The van der Waals surface area contributed by atoms with Crippen LogP contribution in [-0.2, 0) is 0 Å². The van der Waals surface area contributed by atoms with Crippen LogP contribution < -0.4 is 19.5 Å². The van der Waals surface area contributed by atoms with Gasteiger partial charge in [0.25, 0.3) is 5.91 Å². The fraction of sp³-hybridized carbons (Fsp3) is 0.158. The van der Waals surface area contributed by atoms with Crippen LogP contribution in [0, 0.1) is 5.82 Å². The number of nitrogens with one attached hydrogen (secondary N) is 1. The summed E-state index contributed by atoms with van der Waals surface area (Å²) in [6.07, 6.45) is 1.55. The third-order valence-electron chi connectivity index (χ3n) is 3.85. The number of hydrogen-bond acceptors (Lipinski definition) is 5. The number of amides is 1. The van der Waals surface area contributed by atoms with Gasteiger partial charge in [0.15, 0.2) is 22.9 Å². The Hall–Kier alpha value is -3.55. The summed E-state index contributed by atoms with van der Waals surface area (Å²) in [6, 6.07) is 10.7. The van der Waals surface area contributed by atoms with E-state index in [1.807, 2.05) is 0 Å². The average molecular weight is 371 g/mol. The fourth-order valence-electron chi connectivity index (χ4n) is 2.50. The molecule has 0 aliphatic carbocycles. The summed E-state index contributed by atoms with van der Waals surface area (Å²) in [5.41, 5.74) is 1.20. The standard InChI is InChI=1S/C19H18FN3O4/c1-25-15-9-6-13(10-16(15)26-2)21-19(24)18-17(27-3)11-23(22-18)14-7-4-12(20)5-8-14/h4-11H,1-3H3,(H,21,24). The first-order valence-electron chi connectivity index (χ1n) is 7.98. The maximum Gasteiger partial charge on any atom is 0.280 e. The molecule has 7 nitrogen and oxygen atoms in total. The van der Waals surface area contributed by atoms with Gasteiger partial charge in [-0.1, -0.05) is 0 Å². The van der Waals surface area contributed by atoms with E-state index < -0.39 is 5.91 Å². The second kappa shape index (κ2) is 7.77. The maximum absolute atomic E-state index is 13.1. The van der Waals surface area contributed by atoms with E-state index in [1.165, 1.54) is 38.1 Å². The molecule has 0 fully saturated rings. The summed E-state index contributed by atoms with van der Waals surface area (Å²) < 4.78 is 30.2. The van der Waals surface area contributed by atoms with E-state index in [4.69, 9.17) is 14.2 Å². The predicted molar refractivity (Wildman–Crippen MR) is 97.6 cm³/mol. The van der Waals surface area contributed by atoms with E-state index in [0.717, 1.165) is 0 Å². The Morgan fingerprint density at radius 2 is 1.63 bits per heavy atom. The summed E-state index contributed by atoms with van der Waals surface area (Å²) in [5.74, 6) is 0.509. The molecule has 0 bridgehead atoms. The molecule has 0 radical (unpaired) electrons. The van der Waals surface area contributed by atoms with Crippen molar-refractivity contribution in [3.05, 3.63) is 60.2 Å². The molecule has 0 aliphatic heterocycles. The first-order chi connectivity index (χ1) is 13.0. The lowest BCUT2D eigenvalue weighted by Gasteiger charge is -2.10. The van der Waals surface area contributed by atoms with Gasteiger partial charge in [-0.3, -0.25) is 4.79 Å². The van der Waals surface area contributed by atoms with Crippen molar-refractivity contribution in [3.8, 4) is 22.9 Å². The maximum atomic E-state index is 13.1. The van der Waals surface area contributed by atoms with E-state index in [0.29, 0.717) is 22.9 Å². The number of hydrogen-bond donors (Lipinski definition) is 1. The minimum atomic E-state index is -0.458. The fourth-order valence-corrected chi connectivity index (χ4v) is 2.50. The third-order valence-corrected chi connectivity index (χ3v) is 3.85. The Morgan fingerprint density at radius 1 is 0.963 bits per heavy atom. The van der Waals surface area contributed by atoms with Crippen LogP contribution in [0.2, 0.25) is 0 Å². The summed E-state index contributed by atoms with van der Waals surface area (Å²) >= 11 is 0. The van der Waals surface area contributed by atoms with Gasteiger partial charge in [-0.25, -0.2) is 9.07 Å². The molecule has 0 unspecified atom stereocenters. The van der Waals surface area contributed by atoms with Crippen LogP contribution in [0.1, 0.15) is 10.5 Å². The summed E-state index contributed by atoms with van der Waals surface area (Å²) in [5, 5.41) is 7.00. The lowest BCUT2D eigenvalue weighted by molar-refractivity contribution is 0.101. The molecule has 3 aromatic rings. The molecule has 27 heavy (non-hydrogen) atoms. The molecule has 0 aliphatic rings. The van der Waals surface area contributed by atoms with Crippen LogP contribution in [0.3, 0.4) is 0 Å². The molecular weight excluding hydrogens is 353 g/mol. The van der Waals surface area contributed by atoms with Crippen molar-refractivity contribution in [2.45, 2.75) is 0 Å². The smallest absolute Gasteiger partial charge is 0.280 e. The number of halogens is 1. The first kappa shape index (κ1) is 18.2. The number of carbonyl (C=O) groups is 1. The zero-order chi connectivity index (χ0) is 19.4. The summed E-state index contributed by atoms with van der Waals surface area (Å²) in [6.45, 7) is 0. The van der Waals surface area contributed by atoms with Gasteiger partial charge in [0, 0.05) is 11.8 Å². The number of ether oxygens (including phenoxy) is 3. The topological polar surface area (TPSA) is 74.6 Å². The number of aromatic nitrogens is 2. The van der Waals surface area contributed by atoms with Crippen LogP contribution in [-0.4, -0.2) is 37.0 Å². The Balaban J connectivity index is 1.87. The highest BCUT2D eigenvalue weighted by atomic mass is 19.1. The highest BCUT2D eigenvalue weighted by Crippen LogP contribution is 2.30. The van der Waals surface area contributed by atoms with Gasteiger partial charge in [0.1, 0.15) is 5.82 Å². The lowest BCUT2D eigenvalue weighted by atomic mass is 10.2. The first-order valence-corrected chi connectivity index (χ1v) is 7.98. The zero-order valence-corrected chi connectivity index (χ0v) is 15.0. The molecule has 0 atom stereocenters. The third kappa shape index (κ3) is 3.84. The van der Waals surface area contributed by atoms with E-state index in [-0.39, 0.29) is 17.3 Å². The van der Waals surface area contributed by atoms with Crippen molar-refractivity contribution in [1.29, 1.82) is 0 Å². The van der Waals surface area contributed by atoms with Gasteiger partial charge in [-0.2, -0.15) is 5.10 Å². The highest BCUT2D eigenvalue weighted by molar-refractivity contribution is 6.04. The Labute approximate surface area is 155 Å². The van der Waals surface area contributed by atoms with Crippen molar-refractivity contribution in [2.24, 2.45) is 0 Å². The second-order valence-corrected chi connectivity index (χ2v) is 5.49. The zero-order valence-electron chi connectivity index (χ0n) is 15.0. The van der Waals surface area contributed by atoms with Gasteiger partial charge < -0.3 is 19.5 Å². The van der Waals surface area contributed by atoms with Crippen molar-refractivity contribution < 1.29 is 23.4 Å². The molecule has 0 saturated carbocycles. The van der Waals surface area contributed by atoms with Crippen LogP contribution in [0.25, 0.3) is 5.69 Å². The van der Waals surface area contributed by atoms with E-state index in [2.05, 4.69) is 10.4 Å². The molecule has 3 rings (SSSR count). The molecular formula is C19H18FN3O4. The van der Waals surface area contributed by atoms with Gasteiger partial charge in [0.2, 0.25) is 0 Å². The van der Waals surface area contributed by atoms with Gasteiger partial charge in [-0.05, 0) is 36.4 Å². The lowest BCUT2D eigenvalue weighted by Crippen LogP contribution is -2.14. The molecule has 1 heterocycles. The van der Waals surface area contributed by atoms with Crippen molar-refractivity contribution in [2.75, 3.05) is 26.6 Å². The monoisotopic (exact) mass is 371 g/mol. The molecule has 0 saturated heterocycles. The quantitative estimate of drug-likeness (QED) is 0.720. The molecule has 1 N–H and O–H groups in total. The van der Waals surface area contributed by atoms with Crippen LogP contribution >= 0.6 is 0 Å². The normalized spacial score (nSPS) is 10.4. The van der Waals surface area contributed by atoms with E-state index in [1.54, 1.807) is 36.5 Å². The van der Waals surface area contributed by atoms with Gasteiger partial charge >= 0.3 is 0 Å². The minimum Gasteiger partial charge on any atom is -0.493 e. The van der Waals surface area contributed by atoms with Gasteiger partial charge in [-0.15, -0.1) is 0 Å². The molecule has 0 spiro atoms. The van der Waals surface area contributed by atoms with Gasteiger partial charge in [0.05, 0.1) is 33.2 Å². The highest BCUT2D eigenvalue weighted by Gasteiger charge is 2.19. The largest absolute Gasteiger partial charge is 0.493 e. The Kier molecular flexibility index (Phi) is 5.25. The summed E-state index contributed by atoms with van der Waals surface area (Å²) in [7, 11) is 4.49. The van der Waals surface area contributed by atoms with Crippen molar-refractivity contribution in [3.63, 3.8) is 0 Å².